The molecule has 0 saturated carbocycles. The largest absolute Gasteiger partial charge is 0.351 e. The quantitative estimate of drug-likeness (QED) is 0.894. The van der Waals surface area contributed by atoms with Gasteiger partial charge in [-0.05, 0) is 54.7 Å². The highest BCUT2D eigenvalue weighted by Crippen LogP contribution is 2.30. The van der Waals surface area contributed by atoms with Crippen LogP contribution in [0.15, 0.2) is 42.7 Å². The monoisotopic (exact) mass is 253 g/mol. The average Bonchev–Trinajstić information content (AvgIpc) is 2.87. The van der Waals surface area contributed by atoms with Gasteiger partial charge in [-0.15, -0.1) is 0 Å². The van der Waals surface area contributed by atoms with Gasteiger partial charge >= 0.3 is 6.03 Å². The van der Waals surface area contributed by atoms with Crippen LogP contribution in [-0.4, -0.2) is 11.0 Å². The number of nitrogens with two attached hydrogens (primary N) is 1. The van der Waals surface area contributed by atoms with Crippen LogP contribution in [0.3, 0.4) is 0 Å². The first-order valence-corrected chi connectivity index (χ1v) is 6.37. The van der Waals surface area contributed by atoms with E-state index in [-0.39, 0.29) is 0 Å². The van der Waals surface area contributed by atoms with Gasteiger partial charge in [-0.1, -0.05) is 6.07 Å². The van der Waals surface area contributed by atoms with Crippen molar-refractivity contribution >= 4 is 17.4 Å². The molecule has 1 heterocycles. The number of urea groups is 1. The van der Waals surface area contributed by atoms with Crippen LogP contribution in [0.4, 0.5) is 16.2 Å². The predicted molar refractivity (Wildman–Crippen MR) is 74.4 cm³/mol. The number of fused-ring (bicyclic) bond motifs is 1. The van der Waals surface area contributed by atoms with Gasteiger partial charge in [0.1, 0.15) is 0 Å². The Morgan fingerprint density at radius 3 is 2.74 bits per heavy atom. The maximum absolute atomic E-state index is 11.7. The first-order valence-electron chi connectivity index (χ1n) is 6.37. The number of anilines is 2. The minimum Gasteiger partial charge on any atom is -0.351 e. The molecule has 0 bridgehead atoms. The van der Waals surface area contributed by atoms with E-state index in [2.05, 4.69) is 17.1 Å². The van der Waals surface area contributed by atoms with Gasteiger partial charge in [-0.3, -0.25) is 9.88 Å². The van der Waals surface area contributed by atoms with Gasteiger partial charge in [-0.2, -0.15) is 0 Å². The fourth-order valence-electron chi connectivity index (χ4n) is 2.59. The molecular weight excluding hydrogens is 238 g/mol. The smallest absolute Gasteiger partial charge is 0.323 e. The van der Waals surface area contributed by atoms with Crippen molar-refractivity contribution in [3.8, 4) is 0 Å². The minimum atomic E-state index is -0.494. The van der Waals surface area contributed by atoms with Gasteiger partial charge in [0.15, 0.2) is 0 Å². The summed E-state index contributed by atoms with van der Waals surface area (Å²) in [5.41, 5.74) is 9.69. The molecule has 2 aromatic rings. The van der Waals surface area contributed by atoms with Gasteiger partial charge in [0.05, 0.1) is 17.6 Å². The van der Waals surface area contributed by atoms with E-state index in [1.54, 1.807) is 18.5 Å². The van der Waals surface area contributed by atoms with Crippen molar-refractivity contribution in [1.82, 2.24) is 4.98 Å². The number of nitrogens with zero attached hydrogens (tertiary/aromatic N) is 2. The van der Waals surface area contributed by atoms with E-state index in [0.717, 1.165) is 18.5 Å². The molecule has 0 aliphatic heterocycles. The molecule has 0 radical (unpaired) electrons. The first kappa shape index (κ1) is 11.7. The second-order valence-electron chi connectivity index (χ2n) is 4.69. The van der Waals surface area contributed by atoms with Gasteiger partial charge in [0, 0.05) is 6.20 Å². The van der Waals surface area contributed by atoms with Crippen molar-refractivity contribution < 1.29 is 4.79 Å². The zero-order chi connectivity index (χ0) is 13.2. The Morgan fingerprint density at radius 2 is 2.00 bits per heavy atom. The number of primary amides is 1. The number of hydrogen-bond acceptors (Lipinski definition) is 2. The summed E-state index contributed by atoms with van der Waals surface area (Å²) in [7, 11) is 0. The van der Waals surface area contributed by atoms with Crippen LogP contribution in [0.2, 0.25) is 0 Å². The highest BCUT2D eigenvalue weighted by Gasteiger charge is 2.18. The van der Waals surface area contributed by atoms with E-state index < -0.39 is 6.03 Å². The molecule has 0 spiro atoms. The van der Waals surface area contributed by atoms with Crippen LogP contribution in [0.25, 0.3) is 0 Å². The van der Waals surface area contributed by atoms with Crippen molar-refractivity contribution in [3.63, 3.8) is 0 Å². The van der Waals surface area contributed by atoms with Crippen molar-refractivity contribution in [2.75, 3.05) is 4.90 Å². The molecule has 0 fully saturated rings. The molecule has 0 saturated heterocycles. The third kappa shape index (κ3) is 2.17. The number of pyridine rings is 1. The van der Waals surface area contributed by atoms with Gasteiger partial charge in [0.2, 0.25) is 0 Å². The number of carbonyl (C=O) groups is 1. The summed E-state index contributed by atoms with van der Waals surface area (Å²) in [5, 5.41) is 0. The zero-order valence-electron chi connectivity index (χ0n) is 10.5. The summed E-state index contributed by atoms with van der Waals surface area (Å²) in [6, 6.07) is 9.21. The Morgan fingerprint density at radius 1 is 1.16 bits per heavy atom. The lowest BCUT2D eigenvalue weighted by atomic mass is 10.1. The van der Waals surface area contributed by atoms with Gasteiger partial charge in [0.25, 0.3) is 0 Å². The molecular formula is C15H15N3O. The fourth-order valence-corrected chi connectivity index (χ4v) is 2.59. The molecule has 1 aliphatic rings. The van der Waals surface area contributed by atoms with Crippen molar-refractivity contribution in [3.05, 3.63) is 53.9 Å². The Bertz CT molecular complexity index is 610. The number of amides is 2. The average molecular weight is 253 g/mol. The summed E-state index contributed by atoms with van der Waals surface area (Å²) in [5.74, 6) is 0. The molecule has 4 nitrogen and oxygen atoms in total. The Hall–Kier alpha value is -2.36. The second-order valence-corrected chi connectivity index (χ2v) is 4.69. The molecule has 4 heteroatoms. The molecule has 1 aromatic carbocycles. The Kier molecular flexibility index (Phi) is 2.91. The first-order chi connectivity index (χ1) is 9.25. The number of rotatable bonds is 2. The van der Waals surface area contributed by atoms with E-state index >= 15 is 0 Å². The van der Waals surface area contributed by atoms with Gasteiger partial charge in [-0.25, -0.2) is 4.79 Å². The lowest BCUT2D eigenvalue weighted by Crippen LogP contribution is -2.31. The number of aryl methyl sites for hydroxylation is 2. The number of hydrogen-bond donors (Lipinski definition) is 1. The zero-order valence-corrected chi connectivity index (χ0v) is 10.5. The summed E-state index contributed by atoms with van der Waals surface area (Å²) in [6.45, 7) is 0. The van der Waals surface area contributed by atoms with Crippen LogP contribution in [0.5, 0.6) is 0 Å². The van der Waals surface area contributed by atoms with Gasteiger partial charge < -0.3 is 5.73 Å². The van der Waals surface area contributed by atoms with Crippen molar-refractivity contribution in [1.29, 1.82) is 0 Å². The SMILES string of the molecule is NC(=O)N(c1cccnc1)c1ccc2c(c1)CCC2. The molecule has 0 unspecified atom stereocenters. The maximum atomic E-state index is 11.7. The van der Waals surface area contributed by atoms with E-state index in [1.807, 2.05) is 12.1 Å². The molecule has 96 valence electrons. The van der Waals surface area contributed by atoms with Crippen molar-refractivity contribution in [2.24, 2.45) is 5.73 Å². The molecule has 19 heavy (non-hydrogen) atoms. The highest BCUT2D eigenvalue weighted by molar-refractivity contribution is 5.98. The molecule has 3 rings (SSSR count). The summed E-state index contributed by atoms with van der Waals surface area (Å²) in [6.07, 6.45) is 6.69. The normalized spacial score (nSPS) is 13.1. The van der Waals surface area contributed by atoms with Crippen LogP contribution in [0, 0.1) is 0 Å². The Balaban J connectivity index is 2.04. The van der Waals surface area contributed by atoms with Crippen LogP contribution >= 0.6 is 0 Å². The minimum absolute atomic E-state index is 0.494. The van der Waals surface area contributed by atoms with E-state index in [1.165, 1.54) is 22.4 Å². The van der Waals surface area contributed by atoms with E-state index in [4.69, 9.17) is 5.73 Å². The predicted octanol–water partition coefficient (Wildman–Crippen LogP) is 2.79. The summed E-state index contributed by atoms with van der Waals surface area (Å²) < 4.78 is 0. The lowest BCUT2D eigenvalue weighted by Gasteiger charge is -2.21. The lowest BCUT2D eigenvalue weighted by molar-refractivity contribution is 0.256. The standard InChI is InChI=1S/C15H15N3O/c16-15(19)18(14-5-2-8-17-10-14)13-7-6-11-3-1-4-12(11)9-13/h2,5-10H,1,3-4H2,(H2,16,19). The molecule has 2 amide bonds. The van der Waals surface area contributed by atoms with Crippen molar-refractivity contribution in [2.45, 2.75) is 19.3 Å². The molecule has 1 aliphatic carbocycles. The molecule has 0 atom stereocenters. The number of benzene rings is 1. The number of aromatic nitrogens is 1. The second kappa shape index (κ2) is 4.72. The van der Waals surface area contributed by atoms with Crippen LogP contribution in [0.1, 0.15) is 17.5 Å². The summed E-state index contributed by atoms with van der Waals surface area (Å²) >= 11 is 0. The third-order valence-corrected chi connectivity index (χ3v) is 3.46. The molecule has 1 aromatic heterocycles. The van der Waals surface area contributed by atoms with Crippen LogP contribution < -0.4 is 10.6 Å². The maximum Gasteiger partial charge on any atom is 0.323 e. The van der Waals surface area contributed by atoms with E-state index in [9.17, 15) is 4.79 Å². The van der Waals surface area contributed by atoms with Crippen LogP contribution in [-0.2, 0) is 12.8 Å². The molecule has 2 N–H and O–H groups in total. The number of carbonyl (C=O) groups excluding carboxylic acids is 1. The van der Waals surface area contributed by atoms with E-state index in [0.29, 0.717) is 5.69 Å². The highest BCUT2D eigenvalue weighted by atomic mass is 16.2. The third-order valence-electron chi connectivity index (χ3n) is 3.46. The topological polar surface area (TPSA) is 59.2 Å². The fraction of sp³-hybridized carbons (Fsp3) is 0.200. The summed E-state index contributed by atoms with van der Waals surface area (Å²) in [4.78, 5) is 17.2. The Labute approximate surface area is 111 Å².